The summed E-state index contributed by atoms with van der Waals surface area (Å²) >= 11 is 5.65. The van der Waals surface area contributed by atoms with E-state index in [0.717, 1.165) is 0 Å². The van der Waals surface area contributed by atoms with Gasteiger partial charge >= 0.3 is 0 Å². The molecule has 1 rings (SSSR count). The van der Waals surface area contributed by atoms with Crippen LogP contribution in [0.2, 0.25) is 5.02 Å². The molecule has 5 nitrogen and oxygen atoms in total. The quantitative estimate of drug-likeness (QED) is 0.588. The van der Waals surface area contributed by atoms with Gasteiger partial charge < -0.3 is 10.8 Å². The van der Waals surface area contributed by atoms with E-state index in [1.807, 2.05) is 0 Å². The van der Waals surface area contributed by atoms with Crippen molar-refractivity contribution in [1.29, 1.82) is 0 Å². The third kappa shape index (κ3) is 2.20. The van der Waals surface area contributed by atoms with Gasteiger partial charge in [-0.3, -0.25) is 10.1 Å². The molecule has 0 amide bonds. The Labute approximate surface area is 85.3 Å². The first-order valence-electron chi connectivity index (χ1n) is 3.88. The summed E-state index contributed by atoms with van der Waals surface area (Å²) in [5, 5.41) is 20.3. The molecule has 1 atom stereocenters. The maximum absolute atomic E-state index is 10.6. The monoisotopic (exact) mass is 216 g/mol. The van der Waals surface area contributed by atoms with E-state index in [9.17, 15) is 15.2 Å². The SMILES string of the molecule is NC[C@H](O)c1cc(Cl)ccc1[N+](=O)[O-]. The van der Waals surface area contributed by atoms with Crippen LogP contribution in [0.5, 0.6) is 0 Å². The van der Waals surface area contributed by atoms with Gasteiger partial charge in [-0.05, 0) is 12.1 Å². The number of nitro groups is 1. The van der Waals surface area contributed by atoms with Crippen LogP contribution >= 0.6 is 11.6 Å². The third-order valence-electron chi connectivity index (χ3n) is 1.77. The minimum atomic E-state index is -1.06. The average molecular weight is 217 g/mol. The summed E-state index contributed by atoms with van der Waals surface area (Å²) in [6.07, 6.45) is -1.06. The molecule has 0 spiro atoms. The molecule has 0 radical (unpaired) electrons. The number of nitrogens with zero attached hydrogens (tertiary/aromatic N) is 1. The Bertz CT molecular complexity index is 356. The topological polar surface area (TPSA) is 89.4 Å². The average Bonchev–Trinajstić information content (AvgIpc) is 2.16. The van der Waals surface area contributed by atoms with Crippen LogP contribution in [0.15, 0.2) is 18.2 Å². The van der Waals surface area contributed by atoms with E-state index in [1.54, 1.807) is 0 Å². The lowest BCUT2D eigenvalue weighted by Gasteiger charge is -2.08. The molecule has 76 valence electrons. The molecule has 0 fully saturated rings. The van der Waals surface area contributed by atoms with Crippen molar-refractivity contribution >= 4 is 17.3 Å². The minimum absolute atomic E-state index is 0.0822. The van der Waals surface area contributed by atoms with Crippen LogP contribution in [0.25, 0.3) is 0 Å². The fourth-order valence-corrected chi connectivity index (χ4v) is 1.27. The molecule has 0 aliphatic carbocycles. The summed E-state index contributed by atoms with van der Waals surface area (Å²) in [5.74, 6) is 0. The maximum atomic E-state index is 10.6. The van der Waals surface area contributed by atoms with Gasteiger partial charge in [0, 0.05) is 17.6 Å². The van der Waals surface area contributed by atoms with Crippen molar-refractivity contribution in [1.82, 2.24) is 0 Å². The molecule has 0 aliphatic heterocycles. The number of nitro benzene ring substituents is 1. The summed E-state index contributed by atoms with van der Waals surface area (Å²) in [4.78, 5) is 9.99. The zero-order valence-electron chi connectivity index (χ0n) is 7.18. The molecule has 0 bridgehead atoms. The molecule has 0 unspecified atom stereocenters. The largest absolute Gasteiger partial charge is 0.387 e. The smallest absolute Gasteiger partial charge is 0.275 e. The molecule has 0 aliphatic rings. The van der Waals surface area contributed by atoms with Crippen LogP contribution in [0.4, 0.5) is 5.69 Å². The van der Waals surface area contributed by atoms with Crippen molar-refractivity contribution in [2.45, 2.75) is 6.10 Å². The summed E-state index contributed by atoms with van der Waals surface area (Å²) in [6, 6.07) is 3.99. The summed E-state index contributed by atoms with van der Waals surface area (Å²) in [5.41, 5.74) is 5.18. The van der Waals surface area contributed by atoms with Crippen LogP contribution in [-0.4, -0.2) is 16.6 Å². The second-order valence-electron chi connectivity index (χ2n) is 2.71. The Morgan fingerprint density at radius 3 is 2.79 bits per heavy atom. The second kappa shape index (κ2) is 4.36. The molecule has 0 saturated carbocycles. The van der Waals surface area contributed by atoms with Gasteiger partial charge in [-0.1, -0.05) is 11.6 Å². The first-order valence-corrected chi connectivity index (χ1v) is 4.26. The highest BCUT2D eigenvalue weighted by molar-refractivity contribution is 6.30. The van der Waals surface area contributed by atoms with Gasteiger partial charge in [-0.25, -0.2) is 0 Å². The number of hydrogen-bond donors (Lipinski definition) is 2. The van der Waals surface area contributed by atoms with E-state index in [4.69, 9.17) is 17.3 Å². The lowest BCUT2D eigenvalue weighted by Crippen LogP contribution is -2.13. The van der Waals surface area contributed by atoms with Crippen LogP contribution < -0.4 is 5.73 Å². The van der Waals surface area contributed by atoms with Gasteiger partial charge in [0.25, 0.3) is 5.69 Å². The highest BCUT2D eigenvalue weighted by atomic mass is 35.5. The Morgan fingerprint density at radius 2 is 2.29 bits per heavy atom. The lowest BCUT2D eigenvalue weighted by molar-refractivity contribution is -0.386. The van der Waals surface area contributed by atoms with Crippen molar-refractivity contribution in [2.24, 2.45) is 5.73 Å². The molecule has 6 heteroatoms. The van der Waals surface area contributed by atoms with E-state index in [-0.39, 0.29) is 17.8 Å². The summed E-state index contributed by atoms with van der Waals surface area (Å²) in [7, 11) is 0. The normalized spacial score (nSPS) is 12.5. The van der Waals surface area contributed by atoms with Crippen molar-refractivity contribution in [3.63, 3.8) is 0 Å². The lowest BCUT2D eigenvalue weighted by atomic mass is 10.1. The van der Waals surface area contributed by atoms with Gasteiger partial charge in [-0.2, -0.15) is 0 Å². The maximum Gasteiger partial charge on any atom is 0.275 e. The molecule has 0 saturated heterocycles. The van der Waals surface area contributed by atoms with Crippen molar-refractivity contribution in [3.05, 3.63) is 38.9 Å². The molecule has 0 aromatic heterocycles. The van der Waals surface area contributed by atoms with Gasteiger partial charge in [0.05, 0.1) is 16.6 Å². The number of nitrogens with two attached hydrogens (primary N) is 1. The Morgan fingerprint density at radius 1 is 1.64 bits per heavy atom. The van der Waals surface area contributed by atoms with E-state index in [0.29, 0.717) is 5.02 Å². The highest BCUT2D eigenvalue weighted by Gasteiger charge is 2.19. The molecule has 14 heavy (non-hydrogen) atoms. The Balaban J connectivity index is 3.22. The first kappa shape index (κ1) is 10.9. The minimum Gasteiger partial charge on any atom is -0.387 e. The zero-order chi connectivity index (χ0) is 10.7. The Hall–Kier alpha value is -1.17. The van der Waals surface area contributed by atoms with E-state index < -0.39 is 11.0 Å². The van der Waals surface area contributed by atoms with Crippen molar-refractivity contribution < 1.29 is 10.0 Å². The summed E-state index contributed by atoms with van der Waals surface area (Å²) in [6.45, 7) is -0.0822. The van der Waals surface area contributed by atoms with Gasteiger partial charge in [-0.15, -0.1) is 0 Å². The fraction of sp³-hybridized carbons (Fsp3) is 0.250. The Kier molecular flexibility index (Phi) is 3.40. The number of halogens is 1. The number of aliphatic hydroxyl groups is 1. The summed E-state index contributed by atoms with van der Waals surface area (Å²) < 4.78 is 0. The van der Waals surface area contributed by atoms with Gasteiger partial charge in [0.15, 0.2) is 0 Å². The highest BCUT2D eigenvalue weighted by Crippen LogP contribution is 2.27. The van der Waals surface area contributed by atoms with Crippen LogP contribution in [0.3, 0.4) is 0 Å². The van der Waals surface area contributed by atoms with Crippen molar-refractivity contribution in [2.75, 3.05) is 6.54 Å². The predicted molar refractivity (Wildman–Crippen MR) is 52.1 cm³/mol. The van der Waals surface area contributed by atoms with Crippen LogP contribution in [-0.2, 0) is 0 Å². The number of rotatable bonds is 3. The van der Waals surface area contributed by atoms with E-state index in [2.05, 4.69) is 0 Å². The van der Waals surface area contributed by atoms with E-state index >= 15 is 0 Å². The third-order valence-corrected chi connectivity index (χ3v) is 2.00. The number of aliphatic hydroxyl groups excluding tert-OH is 1. The molecule has 1 aromatic carbocycles. The van der Waals surface area contributed by atoms with Gasteiger partial charge in [0.1, 0.15) is 0 Å². The second-order valence-corrected chi connectivity index (χ2v) is 3.15. The number of hydrogen-bond acceptors (Lipinski definition) is 4. The number of benzene rings is 1. The van der Waals surface area contributed by atoms with E-state index in [1.165, 1.54) is 18.2 Å². The predicted octanol–water partition coefficient (Wildman–Crippen LogP) is 1.24. The van der Waals surface area contributed by atoms with Gasteiger partial charge in [0.2, 0.25) is 0 Å². The van der Waals surface area contributed by atoms with Crippen molar-refractivity contribution in [3.8, 4) is 0 Å². The first-order chi connectivity index (χ1) is 6.56. The zero-order valence-corrected chi connectivity index (χ0v) is 7.94. The molecular weight excluding hydrogens is 208 g/mol. The molecule has 1 aromatic rings. The molecule has 3 N–H and O–H groups in total. The standard InChI is InChI=1S/C8H9ClN2O3/c9-5-1-2-7(11(13)14)6(3-5)8(12)4-10/h1-3,8,12H,4,10H2/t8-/m0/s1. The fourth-order valence-electron chi connectivity index (χ4n) is 1.09. The van der Waals surface area contributed by atoms with Crippen LogP contribution in [0.1, 0.15) is 11.7 Å². The molecular formula is C8H9ClN2O3. The molecule has 0 heterocycles. The van der Waals surface area contributed by atoms with Crippen LogP contribution in [0, 0.1) is 10.1 Å².